The number of allylic oxidation sites excluding steroid dienone is 2. The maximum absolute atomic E-state index is 12.4. The Labute approximate surface area is 109 Å². The Balaban J connectivity index is 2.45. The molecule has 1 aromatic carbocycles. The van der Waals surface area contributed by atoms with Crippen molar-refractivity contribution < 1.29 is 5.11 Å². The van der Waals surface area contributed by atoms with Crippen LogP contribution in [0.25, 0.3) is 16.5 Å². The summed E-state index contributed by atoms with van der Waals surface area (Å²) in [6, 6.07) is 8.98. The average Bonchev–Trinajstić information content (AvgIpc) is 2.58. The number of benzene rings is 1. The minimum Gasteiger partial charge on any atom is -0.511 e. The topological polar surface area (TPSA) is 78.9 Å². The third-order valence-corrected chi connectivity index (χ3v) is 3.28. The van der Waals surface area contributed by atoms with Gasteiger partial charge in [0.15, 0.2) is 5.82 Å². The summed E-state index contributed by atoms with van der Waals surface area (Å²) in [5, 5.41) is 19.6. The number of nitrogens with zero attached hydrogens (tertiary/aromatic N) is 3. The third kappa shape index (κ3) is 1.69. The van der Waals surface area contributed by atoms with Crippen LogP contribution in [0, 0.1) is 11.3 Å². The molecular formula is C14H11N3O2. The van der Waals surface area contributed by atoms with Crippen molar-refractivity contribution in [1.29, 1.82) is 5.26 Å². The van der Waals surface area contributed by atoms with Crippen molar-refractivity contribution in [3.05, 3.63) is 46.2 Å². The van der Waals surface area contributed by atoms with Crippen LogP contribution in [-0.2, 0) is 6.54 Å². The first kappa shape index (κ1) is 11.5. The fraction of sp³-hybridized carbons (Fsp3) is 0.214. The Morgan fingerprint density at radius 3 is 2.95 bits per heavy atom. The van der Waals surface area contributed by atoms with Gasteiger partial charge in [-0.25, -0.2) is 4.98 Å². The maximum atomic E-state index is 12.4. The number of para-hydroxylation sites is 1. The van der Waals surface area contributed by atoms with Gasteiger partial charge in [-0.05, 0) is 18.6 Å². The van der Waals surface area contributed by atoms with E-state index in [2.05, 4.69) is 4.98 Å². The highest BCUT2D eigenvalue weighted by molar-refractivity contribution is 5.82. The van der Waals surface area contributed by atoms with Gasteiger partial charge in [0.2, 0.25) is 0 Å². The van der Waals surface area contributed by atoms with E-state index in [-0.39, 0.29) is 22.7 Å². The Bertz CT molecular complexity index is 796. The number of aliphatic hydroxyl groups excluding tert-OH is 1. The van der Waals surface area contributed by atoms with Gasteiger partial charge in [0.05, 0.1) is 10.9 Å². The Kier molecular flexibility index (Phi) is 2.57. The van der Waals surface area contributed by atoms with Crippen molar-refractivity contribution in [2.75, 3.05) is 0 Å². The monoisotopic (exact) mass is 253 g/mol. The largest absolute Gasteiger partial charge is 0.511 e. The highest BCUT2D eigenvalue weighted by Gasteiger charge is 2.20. The van der Waals surface area contributed by atoms with Gasteiger partial charge in [-0.2, -0.15) is 5.26 Å². The Hall–Kier alpha value is -2.61. The lowest BCUT2D eigenvalue weighted by Gasteiger charge is -2.09. The number of hydrogen-bond acceptors (Lipinski definition) is 4. The molecule has 19 heavy (non-hydrogen) atoms. The zero-order valence-corrected chi connectivity index (χ0v) is 10.1. The summed E-state index contributed by atoms with van der Waals surface area (Å²) < 4.78 is 1.48. The minimum absolute atomic E-state index is 0.0101. The second kappa shape index (κ2) is 4.25. The first-order valence-corrected chi connectivity index (χ1v) is 6.04. The van der Waals surface area contributed by atoms with Crippen LogP contribution in [0.5, 0.6) is 0 Å². The smallest absolute Gasteiger partial charge is 0.261 e. The van der Waals surface area contributed by atoms with Crippen LogP contribution >= 0.6 is 0 Å². The van der Waals surface area contributed by atoms with Crippen LogP contribution in [0.4, 0.5) is 0 Å². The van der Waals surface area contributed by atoms with E-state index in [9.17, 15) is 15.2 Å². The van der Waals surface area contributed by atoms with Crippen molar-refractivity contribution in [1.82, 2.24) is 9.55 Å². The lowest BCUT2D eigenvalue weighted by atomic mass is 10.2. The molecule has 0 saturated carbocycles. The molecule has 1 aliphatic heterocycles. The molecule has 2 heterocycles. The molecule has 94 valence electrons. The molecule has 0 aliphatic carbocycles. The van der Waals surface area contributed by atoms with Gasteiger partial charge in [-0.1, -0.05) is 12.1 Å². The molecule has 0 saturated heterocycles. The van der Waals surface area contributed by atoms with Gasteiger partial charge in [-0.15, -0.1) is 0 Å². The molecular weight excluding hydrogens is 242 g/mol. The van der Waals surface area contributed by atoms with Gasteiger partial charge < -0.3 is 5.11 Å². The molecule has 0 unspecified atom stereocenters. The molecule has 5 nitrogen and oxygen atoms in total. The molecule has 0 fully saturated rings. The van der Waals surface area contributed by atoms with Crippen molar-refractivity contribution in [2.24, 2.45) is 0 Å². The van der Waals surface area contributed by atoms with Gasteiger partial charge in [0.1, 0.15) is 17.4 Å². The second-order valence-corrected chi connectivity index (χ2v) is 4.45. The predicted molar refractivity (Wildman–Crippen MR) is 70.4 cm³/mol. The first-order valence-electron chi connectivity index (χ1n) is 6.04. The SMILES string of the molecule is N#CC1=C(O)CCCn2c1nc1ccccc1c2=O. The number of hydrogen-bond donors (Lipinski definition) is 1. The summed E-state index contributed by atoms with van der Waals surface area (Å²) in [6.45, 7) is 0.460. The van der Waals surface area contributed by atoms with E-state index in [0.29, 0.717) is 30.3 Å². The summed E-state index contributed by atoms with van der Waals surface area (Å²) in [5.41, 5.74) is 0.476. The summed E-state index contributed by atoms with van der Waals surface area (Å²) in [5.74, 6) is 0.275. The molecule has 1 aliphatic rings. The van der Waals surface area contributed by atoms with Gasteiger partial charge in [0, 0.05) is 13.0 Å². The number of aromatic nitrogens is 2. The van der Waals surface area contributed by atoms with Crippen LogP contribution in [0.1, 0.15) is 18.7 Å². The molecule has 3 rings (SSSR count). The first-order chi connectivity index (χ1) is 9.22. The molecule has 0 amide bonds. The Morgan fingerprint density at radius 2 is 2.16 bits per heavy atom. The molecule has 0 bridgehead atoms. The molecule has 0 spiro atoms. The van der Waals surface area contributed by atoms with E-state index in [1.54, 1.807) is 24.3 Å². The lowest BCUT2D eigenvalue weighted by molar-refractivity contribution is 0.386. The number of nitriles is 1. The number of aliphatic hydroxyl groups is 1. The van der Waals surface area contributed by atoms with Gasteiger partial charge in [-0.3, -0.25) is 9.36 Å². The summed E-state index contributed by atoms with van der Waals surface area (Å²) in [6.07, 6.45) is 1.01. The molecule has 2 aromatic rings. The zero-order chi connectivity index (χ0) is 13.4. The highest BCUT2D eigenvalue weighted by atomic mass is 16.3. The molecule has 1 N–H and O–H groups in total. The summed E-state index contributed by atoms with van der Waals surface area (Å²) in [4.78, 5) is 16.8. The van der Waals surface area contributed by atoms with Crippen LogP contribution in [0.3, 0.4) is 0 Å². The van der Waals surface area contributed by atoms with Crippen LogP contribution in [0.15, 0.2) is 34.8 Å². The second-order valence-electron chi connectivity index (χ2n) is 4.45. The van der Waals surface area contributed by atoms with E-state index in [4.69, 9.17) is 0 Å². The number of fused-ring (bicyclic) bond motifs is 2. The van der Waals surface area contributed by atoms with E-state index in [0.717, 1.165) is 0 Å². The Morgan fingerprint density at radius 1 is 1.37 bits per heavy atom. The maximum Gasteiger partial charge on any atom is 0.261 e. The average molecular weight is 253 g/mol. The van der Waals surface area contributed by atoms with Gasteiger partial charge >= 0.3 is 0 Å². The van der Waals surface area contributed by atoms with Crippen molar-refractivity contribution in [3.63, 3.8) is 0 Å². The van der Waals surface area contributed by atoms with Crippen molar-refractivity contribution in [3.8, 4) is 6.07 Å². The molecule has 0 radical (unpaired) electrons. The third-order valence-electron chi connectivity index (χ3n) is 3.28. The number of rotatable bonds is 0. The quantitative estimate of drug-likeness (QED) is 0.778. The van der Waals surface area contributed by atoms with E-state index >= 15 is 0 Å². The standard InChI is InChI=1S/C14H11N3O2/c15-8-10-12(18)6-3-7-17-13(10)16-11-5-2-1-4-9(11)14(17)19/h1-2,4-5,18H,3,6-7H2. The van der Waals surface area contributed by atoms with E-state index < -0.39 is 0 Å². The molecule has 0 atom stereocenters. The lowest BCUT2D eigenvalue weighted by Crippen LogP contribution is -2.24. The van der Waals surface area contributed by atoms with E-state index in [1.165, 1.54) is 4.57 Å². The van der Waals surface area contributed by atoms with Crippen LogP contribution in [0.2, 0.25) is 0 Å². The summed E-state index contributed by atoms with van der Waals surface area (Å²) in [7, 11) is 0. The fourth-order valence-corrected chi connectivity index (χ4v) is 2.34. The fourth-order valence-electron chi connectivity index (χ4n) is 2.34. The highest BCUT2D eigenvalue weighted by Crippen LogP contribution is 2.23. The minimum atomic E-state index is -0.164. The zero-order valence-electron chi connectivity index (χ0n) is 10.1. The summed E-state index contributed by atoms with van der Waals surface area (Å²) >= 11 is 0. The van der Waals surface area contributed by atoms with Crippen molar-refractivity contribution in [2.45, 2.75) is 19.4 Å². The van der Waals surface area contributed by atoms with Crippen LogP contribution in [-0.4, -0.2) is 14.7 Å². The van der Waals surface area contributed by atoms with Crippen molar-refractivity contribution >= 4 is 16.5 Å². The van der Waals surface area contributed by atoms with Gasteiger partial charge in [0.25, 0.3) is 5.56 Å². The molecule has 1 aromatic heterocycles. The van der Waals surface area contributed by atoms with Crippen LogP contribution < -0.4 is 5.56 Å². The predicted octanol–water partition coefficient (Wildman–Crippen LogP) is 1.98. The molecule has 5 heteroatoms. The normalized spacial score (nSPS) is 14.9. The van der Waals surface area contributed by atoms with E-state index in [1.807, 2.05) is 6.07 Å².